The smallest absolute Gasteiger partial charge is 0.254 e. The summed E-state index contributed by atoms with van der Waals surface area (Å²) in [6.07, 6.45) is 1.12. The number of amides is 1. The second-order valence-corrected chi connectivity index (χ2v) is 6.25. The Morgan fingerprint density at radius 1 is 1.59 bits per heavy atom. The van der Waals surface area contributed by atoms with Crippen LogP contribution in [0.5, 0.6) is 0 Å². The van der Waals surface area contributed by atoms with Gasteiger partial charge in [0.1, 0.15) is 0 Å². The number of hydrogen-bond donors (Lipinski definition) is 1. The molecule has 17 heavy (non-hydrogen) atoms. The van der Waals surface area contributed by atoms with E-state index in [1.54, 1.807) is 11.3 Å². The van der Waals surface area contributed by atoms with E-state index in [1.807, 2.05) is 24.9 Å². The van der Waals surface area contributed by atoms with E-state index in [-0.39, 0.29) is 5.91 Å². The van der Waals surface area contributed by atoms with Gasteiger partial charge in [-0.1, -0.05) is 0 Å². The van der Waals surface area contributed by atoms with E-state index in [1.165, 1.54) is 4.88 Å². The second kappa shape index (κ2) is 5.19. The summed E-state index contributed by atoms with van der Waals surface area (Å²) in [5, 5.41) is 3.19. The number of thiophene rings is 1. The van der Waals surface area contributed by atoms with Gasteiger partial charge in [-0.15, -0.1) is 11.3 Å². The maximum atomic E-state index is 12.3. The Kier molecular flexibility index (Phi) is 3.84. The first-order valence-electron chi connectivity index (χ1n) is 6.12. The minimum Gasteiger partial charge on any atom is -0.338 e. The molecule has 0 aromatic carbocycles. The molecule has 0 saturated carbocycles. The molecule has 1 atom stereocenters. The van der Waals surface area contributed by atoms with Crippen LogP contribution in [0.3, 0.4) is 0 Å². The molecule has 1 aromatic rings. The molecule has 1 aliphatic rings. The summed E-state index contributed by atoms with van der Waals surface area (Å²) >= 11 is 1.71. The van der Waals surface area contributed by atoms with Crippen molar-refractivity contribution >= 4 is 17.2 Å². The van der Waals surface area contributed by atoms with Gasteiger partial charge in [-0.25, -0.2) is 0 Å². The fourth-order valence-electron chi connectivity index (χ4n) is 2.49. The Balaban J connectivity index is 2.04. The topological polar surface area (TPSA) is 32.3 Å². The Hall–Kier alpha value is -0.870. The lowest BCUT2D eigenvalue weighted by Crippen LogP contribution is -2.30. The summed E-state index contributed by atoms with van der Waals surface area (Å²) in [6, 6.07) is 2.02. The molecule has 2 heterocycles. The summed E-state index contributed by atoms with van der Waals surface area (Å²) in [4.78, 5) is 16.7. The molecule has 3 nitrogen and oxygen atoms in total. The van der Waals surface area contributed by atoms with Crippen molar-refractivity contribution in [1.82, 2.24) is 10.2 Å². The van der Waals surface area contributed by atoms with Crippen LogP contribution in [0.4, 0.5) is 0 Å². The van der Waals surface area contributed by atoms with Crippen molar-refractivity contribution in [2.24, 2.45) is 5.92 Å². The standard InChI is InChI=1S/C13H20N2OS/c1-9-6-12(10(2)17-9)13(16)15-5-4-11(8-15)7-14-3/h6,11,14H,4-5,7-8H2,1-3H3. The Morgan fingerprint density at radius 3 is 2.94 bits per heavy atom. The highest BCUT2D eigenvalue weighted by Crippen LogP contribution is 2.24. The third kappa shape index (κ3) is 2.69. The van der Waals surface area contributed by atoms with Gasteiger partial charge in [0.2, 0.25) is 0 Å². The van der Waals surface area contributed by atoms with E-state index in [4.69, 9.17) is 0 Å². The zero-order chi connectivity index (χ0) is 12.4. The number of carbonyl (C=O) groups is 1. The van der Waals surface area contributed by atoms with Crippen LogP contribution in [-0.2, 0) is 0 Å². The van der Waals surface area contributed by atoms with Crippen LogP contribution in [0.1, 0.15) is 26.5 Å². The van der Waals surface area contributed by atoms with Gasteiger partial charge < -0.3 is 10.2 Å². The van der Waals surface area contributed by atoms with E-state index in [0.717, 1.165) is 36.5 Å². The molecule has 0 aliphatic carbocycles. The number of nitrogens with zero attached hydrogens (tertiary/aromatic N) is 1. The molecule has 1 saturated heterocycles. The number of carbonyl (C=O) groups excluding carboxylic acids is 1. The van der Waals surface area contributed by atoms with Gasteiger partial charge in [0, 0.05) is 22.8 Å². The van der Waals surface area contributed by atoms with Crippen LogP contribution in [0.2, 0.25) is 0 Å². The molecular weight excluding hydrogens is 232 g/mol. The molecule has 1 N–H and O–H groups in total. The number of rotatable bonds is 3. The minimum atomic E-state index is 0.213. The third-order valence-electron chi connectivity index (χ3n) is 3.34. The van der Waals surface area contributed by atoms with Crippen LogP contribution < -0.4 is 5.32 Å². The average molecular weight is 252 g/mol. The molecule has 1 aromatic heterocycles. The van der Waals surface area contributed by atoms with E-state index in [9.17, 15) is 4.79 Å². The van der Waals surface area contributed by atoms with Crippen LogP contribution in [0.15, 0.2) is 6.07 Å². The van der Waals surface area contributed by atoms with Crippen molar-refractivity contribution in [3.05, 3.63) is 21.4 Å². The van der Waals surface area contributed by atoms with Gasteiger partial charge in [-0.05, 0) is 45.8 Å². The second-order valence-electron chi connectivity index (χ2n) is 4.79. The van der Waals surface area contributed by atoms with Crippen LogP contribution >= 0.6 is 11.3 Å². The molecule has 1 unspecified atom stereocenters. The molecule has 0 radical (unpaired) electrons. The molecular formula is C13H20N2OS. The highest BCUT2D eigenvalue weighted by molar-refractivity contribution is 7.12. The lowest BCUT2D eigenvalue weighted by atomic mass is 10.1. The number of likely N-dealkylation sites (tertiary alicyclic amines) is 1. The summed E-state index contributed by atoms with van der Waals surface area (Å²) in [5.74, 6) is 0.828. The van der Waals surface area contributed by atoms with E-state index in [0.29, 0.717) is 5.92 Å². The minimum absolute atomic E-state index is 0.213. The SMILES string of the molecule is CNCC1CCN(C(=O)c2cc(C)sc2C)C1. The van der Waals surface area contributed by atoms with Gasteiger partial charge in [-0.3, -0.25) is 4.79 Å². The number of aryl methyl sites for hydroxylation is 2. The predicted octanol–water partition coefficient (Wildman–Crippen LogP) is 2.05. The maximum Gasteiger partial charge on any atom is 0.254 e. The van der Waals surface area contributed by atoms with Gasteiger partial charge in [0.05, 0.1) is 5.56 Å². The first-order valence-corrected chi connectivity index (χ1v) is 6.94. The van der Waals surface area contributed by atoms with Crippen LogP contribution in [0, 0.1) is 19.8 Å². The molecule has 94 valence electrons. The number of hydrogen-bond acceptors (Lipinski definition) is 3. The largest absolute Gasteiger partial charge is 0.338 e. The Morgan fingerprint density at radius 2 is 2.35 bits per heavy atom. The monoisotopic (exact) mass is 252 g/mol. The highest BCUT2D eigenvalue weighted by atomic mass is 32.1. The van der Waals surface area contributed by atoms with Crippen molar-refractivity contribution in [3.63, 3.8) is 0 Å². The van der Waals surface area contributed by atoms with E-state index in [2.05, 4.69) is 12.2 Å². The lowest BCUT2D eigenvalue weighted by molar-refractivity contribution is 0.0787. The van der Waals surface area contributed by atoms with E-state index < -0.39 is 0 Å². The average Bonchev–Trinajstić information content (AvgIpc) is 2.85. The van der Waals surface area contributed by atoms with Crippen LogP contribution in [0.25, 0.3) is 0 Å². The van der Waals surface area contributed by atoms with Crippen molar-refractivity contribution in [1.29, 1.82) is 0 Å². The summed E-state index contributed by atoms with van der Waals surface area (Å²) in [6.45, 7) is 6.90. The molecule has 2 rings (SSSR count). The van der Waals surface area contributed by atoms with Crippen molar-refractivity contribution in [2.75, 3.05) is 26.7 Å². The van der Waals surface area contributed by atoms with Gasteiger partial charge in [-0.2, -0.15) is 0 Å². The Labute approximate surface area is 107 Å². The fraction of sp³-hybridized carbons (Fsp3) is 0.615. The highest BCUT2D eigenvalue weighted by Gasteiger charge is 2.27. The van der Waals surface area contributed by atoms with Crippen molar-refractivity contribution in [2.45, 2.75) is 20.3 Å². The Bertz CT molecular complexity index is 414. The zero-order valence-corrected chi connectivity index (χ0v) is 11.6. The van der Waals surface area contributed by atoms with Crippen molar-refractivity contribution < 1.29 is 4.79 Å². The summed E-state index contributed by atoms with van der Waals surface area (Å²) < 4.78 is 0. The third-order valence-corrected chi connectivity index (χ3v) is 4.30. The number of nitrogens with one attached hydrogen (secondary N) is 1. The molecule has 1 fully saturated rings. The van der Waals surface area contributed by atoms with Crippen LogP contribution in [-0.4, -0.2) is 37.5 Å². The van der Waals surface area contributed by atoms with Gasteiger partial charge in [0.25, 0.3) is 5.91 Å². The molecule has 4 heteroatoms. The molecule has 1 aliphatic heterocycles. The van der Waals surface area contributed by atoms with Crippen molar-refractivity contribution in [3.8, 4) is 0 Å². The molecule has 1 amide bonds. The molecule has 0 bridgehead atoms. The first kappa shape index (κ1) is 12.6. The predicted molar refractivity (Wildman–Crippen MR) is 71.7 cm³/mol. The fourth-order valence-corrected chi connectivity index (χ4v) is 3.40. The molecule has 0 spiro atoms. The summed E-state index contributed by atoms with van der Waals surface area (Å²) in [7, 11) is 1.97. The zero-order valence-electron chi connectivity index (χ0n) is 10.7. The maximum absolute atomic E-state index is 12.3. The first-order chi connectivity index (χ1) is 8.11. The van der Waals surface area contributed by atoms with E-state index >= 15 is 0 Å². The normalized spacial score (nSPS) is 19.9. The van der Waals surface area contributed by atoms with Gasteiger partial charge in [0.15, 0.2) is 0 Å². The lowest BCUT2D eigenvalue weighted by Gasteiger charge is -2.16. The quantitative estimate of drug-likeness (QED) is 0.893. The summed E-state index contributed by atoms with van der Waals surface area (Å²) in [5.41, 5.74) is 0.901. The van der Waals surface area contributed by atoms with Gasteiger partial charge >= 0.3 is 0 Å².